The summed E-state index contributed by atoms with van der Waals surface area (Å²) in [5.41, 5.74) is -1.06. The van der Waals surface area contributed by atoms with Crippen LogP contribution in [0.15, 0.2) is 46.6 Å². The summed E-state index contributed by atoms with van der Waals surface area (Å²) in [4.78, 5) is 35.0. The second-order valence-corrected chi connectivity index (χ2v) is 7.40. The SMILES string of the molecule is CCN(CC)Cn1c(O)c(N=NC(=O)c2cc([N+](=O)[O-])cc([N+](=O)[O-])c2)c2cc(Cl)ccc21. The summed E-state index contributed by atoms with van der Waals surface area (Å²) in [6.45, 7) is 5.74. The first-order valence-corrected chi connectivity index (χ1v) is 10.2. The van der Waals surface area contributed by atoms with Crippen LogP contribution >= 0.6 is 11.6 Å². The average molecular weight is 475 g/mol. The Bertz CT molecular complexity index is 1250. The van der Waals surface area contributed by atoms with Gasteiger partial charge in [-0.3, -0.25) is 34.5 Å². The van der Waals surface area contributed by atoms with Crippen LogP contribution in [0, 0.1) is 20.2 Å². The number of nitrogens with zero attached hydrogens (tertiary/aromatic N) is 6. The number of carbonyl (C=O) groups excluding carboxylic acids is 1. The van der Waals surface area contributed by atoms with Crippen molar-refractivity contribution in [3.8, 4) is 5.88 Å². The number of halogens is 1. The molecular weight excluding hydrogens is 456 g/mol. The van der Waals surface area contributed by atoms with Crippen molar-refractivity contribution in [1.29, 1.82) is 0 Å². The molecule has 12 nitrogen and oxygen atoms in total. The van der Waals surface area contributed by atoms with Crippen LogP contribution in [0.3, 0.4) is 0 Å². The Kier molecular flexibility index (Phi) is 6.99. The maximum Gasteiger partial charge on any atom is 0.295 e. The van der Waals surface area contributed by atoms with Gasteiger partial charge in [-0.25, -0.2) is 0 Å². The van der Waals surface area contributed by atoms with Gasteiger partial charge in [0.1, 0.15) is 0 Å². The third-order valence-corrected chi connectivity index (χ3v) is 5.25. The van der Waals surface area contributed by atoms with Crippen LogP contribution in [-0.2, 0) is 6.67 Å². The second-order valence-electron chi connectivity index (χ2n) is 6.96. The minimum absolute atomic E-state index is 0.0204. The third kappa shape index (κ3) is 4.96. The molecular formula is C20H19ClN6O6. The molecule has 0 spiro atoms. The second kappa shape index (κ2) is 9.71. The Hall–Kier alpha value is -3.90. The highest BCUT2D eigenvalue weighted by Crippen LogP contribution is 2.40. The lowest BCUT2D eigenvalue weighted by Gasteiger charge is -2.20. The molecule has 3 rings (SSSR count). The molecule has 0 saturated heterocycles. The summed E-state index contributed by atoms with van der Waals surface area (Å²) in [5.74, 6) is -1.30. The topological polar surface area (TPSA) is 156 Å². The van der Waals surface area contributed by atoms with E-state index >= 15 is 0 Å². The number of nitro benzene ring substituents is 2. The molecule has 0 aliphatic heterocycles. The molecule has 0 aliphatic carbocycles. The van der Waals surface area contributed by atoms with E-state index in [0.717, 1.165) is 31.3 Å². The van der Waals surface area contributed by atoms with Crippen LogP contribution in [0.1, 0.15) is 24.2 Å². The molecule has 1 aromatic heterocycles. The predicted molar refractivity (Wildman–Crippen MR) is 120 cm³/mol. The summed E-state index contributed by atoms with van der Waals surface area (Å²) >= 11 is 6.10. The summed E-state index contributed by atoms with van der Waals surface area (Å²) in [6, 6.07) is 7.39. The zero-order valence-corrected chi connectivity index (χ0v) is 18.4. The highest BCUT2D eigenvalue weighted by Gasteiger charge is 2.22. The highest BCUT2D eigenvalue weighted by molar-refractivity contribution is 6.31. The summed E-state index contributed by atoms with van der Waals surface area (Å²) in [5, 5.41) is 41.2. The first-order chi connectivity index (χ1) is 15.7. The highest BCUT2D eigenvalue weighted by atomic mass is 35.5. The number of rotatable bonds is 8. The zero-order valence-electron chi connectivity index (χ0n) is 17.6. The Morgan fingerprint density at radius 3 is 2.24 bits per heavy atom. The smallest absolute Gasteiger partial charge is 0.295 e. The molecule has 0 aliphatic rings. The Balaban J connectivity index is 2.06. The molecule has 0 bridgehead atoms. The first kappa shape index (κ1) is 23.8. The first-order valence-electron chi connectivity index (χ1n) is 9.79. The largest absolute Gasteiger partial charge is 0.493 e. The van der Waals surface area contributed by atoms with Gasteiger partial charge in [0.15, 0.2) is 5.69 Å². The van der Waals surface area contributed by atoms with Gasteiger partial charge in [0.2, 0.25) is 5.88 Å². The van der Waals surface area contributed by atoms with E-state index in [4.69, 9.17) is 11.6 Å². The predicted octanol–water partition coefficient (Wildman–Crippen LogP) is 5.04. The van der Waals surface area contributed by atoms with Gasteiger partial charge in [-0.15, -0.1) is 10.2 Å². The number of amides is 1. The number of azo groups is 1. The molecule has 172 valence electrons. The van der Waals surface area contributed by atoms with Crippen molar-refractivity contribution in [2.45, 2.75) is 20.5 Å². The fourth-order valence-corrected chi connectivity index (χ4v) is 3.42. The maximum absolute atomic E-state index is 12.5. The maximum atomic E-state index is 12.5. The number of benzene rings is 2. The van der Waals surface area contributed by atoms with Gasteiger partial charge in [-0.05, 0) is 31.3 Å². The summed E-state index contributed by atoms with van der Waals surface area (Å²) in [6.07, 6.45) is 0. The minimum Gasteiger partial charge on any atom is -0.493 e. The quantitative estimate of drug-likeness (QED) is 0.272. The molecule has 1 heterocycles. The van der Waals surface area contributed by atoms with E-state index in [1.165, 1.54) is 0 Å². The number of hydrogen-bond donors (Lipinski definition) is 1. The number of hydrogen-bond acceptors (Lipinski definition) is 8. The summed E-state index contributed by atoms with van der Waals surface area (Å²) in [7, 11) is 0. The lowest BCUT2D eigenvalue weighted by molar-refractivity contribution is -0.394. The third-order valence-electron chi connectivity index (χ3n) is 5.02. The van der Waals surface area contributed by atoms with E-state index < -0.39 is 27.1 Å². The Labute approximate surface area is 192 Å². The van der Waals surface area contributed by atoms with Crippen molar-refractivity contribution < 1.29 is 19.7 Å². The van der Waals surface area contributed by atoms with E-state index in [9.17, 15) is 30.1 Å². The van der Waals surface area contributed by atoms with Gasteiger partial charge < -0.3 is 5.11 Å². The molecule has 13 heteroatoms. The zero-order chi connectivity index (χ0) is 24.3. The van der Waals surface area contributed by atoms with Crippen molar-refractivity contribution in [3.05, 3.63) is 67.2 Å². The van der Waals surface area contributed by atoms with E-state index in [1.807, 2.05) is 18.7 Å². The molecule has 1 N–H and O–H groups in total. The molecule has 0 saturated carbocycles. The van der Waals surface area contributed by atoms with E-state index in [1.54, 1.807) is 22.8 Å². The van der Waals surface area contributed by atoms with Crippen LogP contribution in [0.2, 0.25) is 5.02 Å². The van der Waals surface area contributed by atoms with Gasteiger partial charge in [0.25, 0.3) is 17.3 Å². The summed E-state index contributed by atoms with van der Waals surface area (Å²) < 4.78 is 1.59. The minimum atomic E-state index is -1.05. The van der Waals surface area contributed by atoms with Crippen molar-refractivity contribution in [1.82, 2.24) is 9.47 Å². The molecule has 2 aromatic carbocycles. The van der Waals surface area contributed by atoms with Crippen LogP contribution in [0.5, 0.6) is 5.88 Å². The van der Waals surface area contributed by atoms with Crippen molar-refractivity contribution in [3.63, 3.8) is 0 Å². The van der Waals surface area contributed by atoms with Crippen molar-refractivity contribution >= 4 is 45.5 Å². The van der Waals surface area contributed by atoms with Gasteiger partial charge >= 0.3 is 0 Å². The monoisotopic (exact) mass is 474 g/mol. The molecule has 1 amide bonds. The fourth-order valence-electron chi connectivity index (χ4n) is 3.24. The van der Waals surface area contributed by atoms with Crippen molar-refractivity contribution in [2.24, 2.45) is 10.2 Å². The van der Waals surface area contributed by atoms with E-state index in [2.05, 4.69) is 10.2 Å². The molecule has 0 radical (unpaired) electrons. The Morgan fingerprint density at radius 2 is 1.70 bits per heavy atom. The number of non-ortho nitro benzene ring substituents is 2. The number of aromatic nitrogens is 1. The fraction of sp³-hybridized carbons (Fsp3) is 0.250. The molecule has 0 fully saturated rings. The molecule has 0 unspecified atom stereocenters. The molecule has 0 atom stereocenters. The lowest BCUT2D eigenvalue weighted by atomic mass is 10.1. The van der Waals surface area contributed by atoms with Gasteiger partial charge in [0.05, 0.1) is 33.7 Å². The number of nitro groups is 2. The van der Waals surface area contributed by atoms with Gasteiger partial charge in [-0.2, -0.15) is 0 Å². The van der Waals surface area contributed by atoms with E-state index in [0.29, 0.717) is 22.6 Å². The number of aromatic hydroxyl groups is 1. The number of fused-ring (bicyclic) bond motifs is 1. The standard InChI is InChI=1S/C20H19ClN6O6/c1-3-24(4-2)11-25-17-6-5-13(21)9-16(17)18(20(25)29)22-23-19(28)12-7-14(26(30)31)10-15(8-12)27(32)33/h5-10,29H,3-4,11H2,1-2H3. The van der Waals surface area contributed by atoms with Crippen LogP contribution < -0.4 is 0 Å². The van der Waals surface area contributed by atoms with Gasteiger partial charge in [-0.1, -0.05) is 25.4 Å². The normalized spacial score (nSPS) is 11.5. The molecule has 3 aromatic rings. The van der Waals surface area contributed by atoms with Crippen LogP contribution in [0.4, 0.5) is 17.1 Å². The van der Waals surface area contributed by atoms with Crippen LogP contribution in [-0.4, -0.2) is 43.4 Å². The van der Waals surface area contributed by atoms with Gasteiger partial charge in [0, 0.05) is 22.5 Å². The Morgan fingerprint density at radius 1 is 1.09 bits per heavy atom. The van der Waals surface area contributed by atoms with Crippen molar-refractivity contribution in [2.75, 3.05) is 13.1 Å². The van der Waals surface area contributed by atoms with E-state index in [-0.39, 0.29) is 17.1 Å². The number of carbonyl (C=O) groups is 1. The van der Waals surface area contributed by atoms with Crippen LogP contribution in [0.25, 0.3) is 10.9 Å². The average Bonchev–Trinajstić information content (AvgIpc) is 3.04. The lowest BCUT2D eigenvalue weighted by Crippen LogP contribution is -2.25. The molecule has 33 heavy (non-hydrogen) atoms.